The number of halogens is 1. The molecule has 1 N–H and O–H groups in total. The summed E-state index contributed by atoms with van der Waals surface area (Å²) in [5.41, 5.74) is 2.14. The highest BCUT2D eigenvalue weighted by Crippen LogP contribution is 2.31. The molecule has 5 nitrogen and oxygen atoms in total. The molecule has 0 amide bonds. The van der Waals surface area contributed by atoms with Crippen LogP contribution in [0, 0.1) is 12.7 Å². The molecule has 0 unspecified atom stereocenters. The van der Waals surface area contributed by atoms with Gasteiger partial charge >= 0.3 is 0 Å². The molecule has 3 aromatic rings. The number of nitrogens with one attached hydrogen (secondary N) is 1. The summed E-state index contributed by atoms with van der Waals surface area (Å²) in [5, 5.41) is 7.75. The van der Waals surface area contributed by atoms with Gasteiger partial charge in [0.05, 0.1) is 11.3 Å². The normalized spacial score (nSPS) is 10.7. The van der Waals surface area contributed by atoms with Crippen molar-refractivity contribution in [3.05, 3.63) is 48.1 Å². The molecule has 0 saturated carbocycles. The summed E-state index contributed by atoms with van der Waals surface area (Å²) in [6, 6.07) is 7.92. The van der Waals surface area contributed by atoms with Crippen LogP contribution in [0.3, 0.4) is 0 Å². The molecule has 2 aromatic heterocycles. The third-order valence-corrected chi connectivity index (χ3v) is 3.68. The van der Waals surface area contributed by atoms with Gasteiger partial charge in [0, 0.05) is 11.9 Å². The molecule has 0 fully saturated rings. The van der Waals surface area contributed by atoms with Crippen molar-refractivity contribution >= 4 is 23.4 Å². The third kappa shape index (κ3) is 2.94. The maximum Gasteiger partial charge on any atom is 0.227 e. The van der Waals surface area contributed by atoms with E-state index in [1.54, 1.807) is 24.4 Å². The highest BCUT2D eigenvalue weighted by Gasteiger charge is 2.16. The van der Waals surface area contributed by atoms with Gasteiger partial charge in [-0.15, -0.1) is 11.8 Å². The molecule has 1 aromatic carbocycles. The zero-order chi connectivity index (χ0) is 15.5. The molecular formula is C15H13FN4OS. The van der Waals surface area contributed by atoms with Gasteiger partial charge in [0.15, 0.2) is 0 Å². The first-order valence-corrected chi connectivity index (χ1v) is 7.76. The Morgan fingerprint density at radius 2 is 2.14 bits per heavy atom. The topological polar surface area (TPSA) is 63.8 Å². The van der Waals surface area contributed by atoms with Gasteiger partial charge in [-0.25, -0.2) is 14.4 Å². The van der Waals surface area contributed by atoms with Crippen LogP contribution in [0.15, 0.2) is 46.1 Å². The van der Waals surface area contributed by atoms with Crippen molar-refractivity contribution < 1.29 is 8.91 Å². The minimum absolute atomic E-state index is 0.319. The number of benzene rings is 1. The monoisotopic (exact) mass is 316 g/mol. The highest BCUT2D eigenvalue weighted by molar-refractivity contribution is 7.98. The van der Waals surface area contributed by atoms with Crippen LogP contribution in [0.25, 0.3) is 11.3 Å². The van der Waals surface area contributed by atoms with Gasteiger partial charge in [0.1, 0.15) is 16.6 Å². The molecule has 3 rings (SSSR count). The Balaban J connectivity index is 1.94. The van der Waals surface area contributed by atoms with Crippen molar-refractivity contribution in [3.8, 4) is 11.3 Å². The number of hydrogen-bond acceptors (Lipinski definition) is 6. The second-order valence-electron chi connectivity index (χ2n) is 4.52. The second-order valence-corrected chi connectivity index (χ2v) is 5.32. The third-order valence-electron chi connectivity index (χ3n) is 3.02. The Kier molecular flexibility index (Phi) is 4.06. The average Bonchev–Trinajstić information content (AvgIpc) is 2.88. The van der Waals surface area contributed by atoms with Gasteiger partial charge in [-0.1, -0.05) is 11.2 Å². The van der Waals surface area contributed by atoms with E-state index in [9.17, 15) is 4.39 Å². The van der Waals surface area contributed by atoms with Gasteiger partial charge in [0.2, 0.25) is 5.95 Å². The van der Waals surface area contributed by atoms with Crippen LogP contribution in [0.4, 0.5) is 16.0 Å². The molecule has 0 radical (unpaired) electrons. The number of aryl methyl sites for hydroxylation is 1. The van der Waals surface area contributed by atoms with E-state index in [-0.39, 0.29) is 5.82 Å². The molecule has 2 heterocycles. The van der Waals surface area contributed by atoms with E-state index < -0.39 is 0 Å². The second kappa shape index (κ2) is 6.15. The van der Waals surface area contributed by atoms with E-state index in [2.05, 4.69) is 20.4 Å². The van der Waals surface area contributed by atoms with Crippen molar-refractivity contribution in [2.24, 2.45) is 0 Å². The lowest BCUT2D eigenvalue weighted by atomic mass is 10.2. The molecular weight excluding hydrogens is 303 g/mol. The number of hydrogen-bond donors (Lipinski definition) is 1. The standard InChI is InChI=1S/C15H13FN4OS/c1-9-13(14(22-2)20-21-9)12-6-7-17-15(19-12)18-11-5-3-4-10(16)8-11/h3-8H,1-2H3,(H,17,18,19). The van der Waals surface area contributed by atoms with Crippen molar-refractivity contribution in [1.82, 2.24) is 15.1 Å². The molecule has 0 atom stereocenters. The van der Waals surface area contributed by atoms with Crippen molar-refractivity contribution in [3.63, 3.8) is 0 Å². The summed E-state index contributed by atoms with van der Waals surface area (Å²) in [4.78, 5) is 8.61. The van der Waals surface area contributed by atoms with Crippen LogP contribution in [-0.4, -0.2) is 21.4 Å². The van der Waals surface area contributed by atoms with Gasteiger partial charge in [-0.3, -0.25) is 0 Å². The van der Waals surface area contributed by atoms with E-state index in [0.29, 0.717) is 23.1 Å². The van der Waals surface area contributed by atoms with E-state index in [1.807, 2.05) is 13.2 Å². The molecule has 22 heavy (non-hydrogen) atoms. The average molecular weight is 316 g/mol. The van der Waals surface area contributed by atoms with Crippen LogP contribution in [-0.2, 0) is 0 Å². The predicted molar refractivity (Wildman–Crippen MR) is 83.7 cm³/mol. The lowest BCUT2D eigenvalue weighted by Crippen LogP contribution is -1.98. The predicted octanol–water partition coefficient (Wildman–Crippen LogP) is 4.04. The van der Waals surface area contributed by atoms with Crippen molar-refractivity contribution in [2.75, 3.05) is 11.6 Å². The first kappa shape index (κ1) is 14.5. The summed E-state index contributed by atoms with van der Waals surface area (Å²) in [6.45, 7) is 1.84. The van der Waals surface area contributed by atoms with E-state index in [1.165, 1.54) is 23.9 Å². The lowest BCUT2D eigenvalue weighted by Gasteiger charge is -2.06. The Labute approximate surface area is 131 Å². The van der Waals surface area contributed by atoms with E-state index >= 15 is 0 Å². The summed E-state index contributed by atoms with van der Waals surface area (Å²) >= 11 is 1.49. The Bertz CT molecular complexity index is 806. The van der Waals surface area contributed by atoms with Gasteiger partial charge in [-0.2, -0.15) is 0 Å². The zero-order valence-electron chi connectivity index (χ0n) is 12.0. The van der Waals surface area contributed by atoms with Crippen LogP contribution in [0.1, 0.15) is 5.76 Å². The Hall–Kier alpha value is -2.41. The Morgan fingerprint density at radius 3 is 2.91 bits per heavy atom. The fourth-order valence-electron chi connectivity index (χ4n) is 2.03. The molecule has 112 valence electrons. The largest absolute Gasteiger partial charge is 0.360 e. The van der Waals surface area contributed by atoms with Gasteiger partial charge < -0.3 is 9.84 Å². The number of rotatable bonds is 4. The highest BCUT2D eigenvalue weighted by atomic mass is 32.2. The minimum atomic E-state index is -0.319. The maximum atomic E-state index is 13.2. The van der Waals surface area contributed by atoms with Crippen molar-refractivity contribution in [2.45, 2.75) is 11.9 Å². The minimum Gasteiger partial charge on any atom is -0.360 e. The van der Waals surface area contributed by atoms with Crippen molar-refractivity contribution in [1.29, 1.82) is 0 Å². The van der Waals surface area contributed by atoms with Crippen LogP contribution >= 0.6 is 11.8 Å². The van der Waals surface area contributed by atoms with E-state index in [0.717, 1.165) is 10.6 Å². The summed E-state index contributed by atoms with van der Waals surface area (Å²) in [7, 11) is 0. The fourth-order valence-corrected chi connectivity index (χ4v) is 2.60. The molecule has 0 saturated heterocycles. The van der Waals surface area contributed by atoms with Crippen LogP contribution in [0.5, 0.6) is 0 Å². The lowest BCUT2D eigenvalue weighted by molar-refractivity contribution is 0.384. The first-order valence-electron chi connectivity index (χ1n) is 6.53. The SMILES string of the molecule is CSc1noc(C)c1-c1ccnc(Nc2cccc(F)c2)n1. The van der Waals surface area contributed by atoms with Gasteiger partial charge in [0.25, 0.3) is 0 Å². The maximum absolute atomic E-state index is 13.2. The fraction of sp³-hybridized carbons (Fsp3) is 0.133. The molecule has 0 aliphatic rings. The smallest absolute Gasteiger partial charge is 0.227 e. The molecule has 7 heteroatoms. The molecule has 0 spiro atoms. The molecule has 0 aliphatic heterocycles. The zero-order valence-corrected chi connectivity index (χ0v) is 12.8. The number of anilines is 2. The van der Waals surface area contributed by atoms with Crippen LogP contribution < -0.4 is 5.32 Å². The quantitative estimate of drug-likeness (QED) is 0.733. The summed E-state index contributed by atoms with van der Waals surface area (Å²) in [6.07, 6.45) is 3.56. The number of aromatic nitrogens is 3. The summed E-state index contributed by atoms with van der Waals surface area (Å²) in [5.74, 6) is 0.760. The number of thioether (sulfide) groups is 1. The first-order chi connectivity index (χ1) is 10.7. The summed E-state index contributed by atoms with van der Waals surface area (Å²) < 4.78 is 18.4. The molecule has 0 aliphatic carbocycles. The van der Waals surface area contributed by atoms with Gasteiger partial charge in [-0.05, 0) is 37.4 Å². The Morgan fingerprint density at radius 1 is 1.27 bits per heavy atom. The van der Waals surface area contributed by atoms with Crippen LogP contribution in [0.2, 0.25) is 0 Å². The number of nitrogens with zero attached hydrogens (tertiary/aromatic N) is 3. The molecule has 0 bridgehead atoms. The van der Waals surface area contributed by atoms with E-state index in [4.69, 9.17) is 4.52 Å².